The van der Waals surface area contributed by atoms with E-state index < -0.39 is 0 Å². The largest absolute Gasteiger partial charge is 0.175 e. The van der Waals surface area contributed by atoms with Crippen molar-refractivity contribution >= 4 is 40.9 Å². The predicted octanol–water partition coefficient (Wildman–Crippen LogP) is 4.20. The molecule has 0 saturated heterocycles. The van der Waals surface area contributed by atoms with Crippen LogP contribution in [0.2, 0.25) is 0 Å². The normalized spacial score (nSPS) is 10.4. The average Bonchev–Trinajstić information content (AvgIpc) is 2.85. The molecule has 1 heterocycles. The third kappa shape index (κ3) is 3.59. The number of hydrogen-bond acceptors (Lipinski definition) is 5. The third-order valence-corrected chi connectivity index (χ3v) is 5.24. The number of nitrogens with zero attached hydrogens (tertiary/aromatic N) is 2. The van der Waals surface area contributed by atoms with E-state index in [4.69, 9.17) is 0 Å². The molecule has 0 radical (unpaired) electrons. The van der Waals surface area contributed by atoms with Crippen LogP contribution in [0.3, 0.4) is 0 Å². The van der Waals surface area contributed by atoms with Gasteiger partial charge in [0.15, 0.2) is 8.68 Å². The molecule has 0 atom stereocenters. The van der Waals surface area contributed by atoms with Crippen LogP contribution >= 0.6 is 34.9 Å². The Morgan fingerprint density at radius 2 is 1.94 bits per heavy atom. The number of hydrogen-bond donors (Lipinski definition) is 0. The van der Waals surface area contributed by atoms with Crippen LogP contribution in [0.5, 0.6) is 0 Å². The van der Waals surface area contributed by atoms with Crippen LogP contribution in [0.25, 0.3) is 6.08 Å². The SMILES string of the molecule is C=Cc1ccc(CSc2nnc(SC)s2)cc1. The summed E-state index contributed by atoms with van der Waals surface area (Å²) in [5.74, 6) is 0.931. The van der Waals surface area contributed by atoms with E-state index in [0.29, 0.717) is 0 Å². The molecule has 2 aromatic rings. The van der Waals surface area contributed by atoms with Crippen molar-refractivity contribution in [1.29, 1.82) is 0 Å². The van der Waals surface area contributed by atoms with Crippen molar-refractivity contribution in [2.75, 3.05) is 6.26 Å². The first kappa shape index (κ1) is 12.7. The van der Waals surface area contributed by atoms with E-state index >= 15 is 0 Å². The maximum atomic E-state index is 4.13. The molecule has 0 saturated carbocycles. The van der Waals surface area contributed by atoms with Crippen LogP contribution in [0.4, 0.5) is 0 Å². The minimum absolute atomic E-state index is 0.931. The summed E-state index contributed by atoms with van der Waals surface area (Å²) in [5.41, 5.74) is 2.45. The zero-order valence-electron chi connectivity index (χ0n) is 9.42. The van der Waals surface area contributed by atoms with Gasteiger partial charge in [-0.15, -0.1) is 10.2 Å². The van der Waals surface area contributed by atoms with Gasteiger partial charge in [0.1, 0.15) is 0 Å². The quantitative estimate of drug-likeness (QED) is 0.767. The van der Waals surface area contributed by atoms with Gasteiger partial charge in [0.25, 0.3) is 0 Å². The molecule has 0 bridgehead atoms. The molecule has 17 heavy (non-hydrogen) atoms. The monoisotopic (exact) mass is 280 g/mol. The molecule has 0 N–H and O–H groups in total. The van der Waals surface area contributed by atoms with Gasteiger partial charge < -0.3 is 0 Å². The highest BCUT2D eigenvalue weighted by Gasteiger charge is 2.03. The number of benzene rings is 1. The minimum Gasteiger partial charge on any atom is -0.131 e. The van der Waals surface area contributed by atoms with Crippen LogP contribution in [0, 0.1) is 0 Å². The molecule has 1 aromatic heterocycles. The van der Waals surface area contributed by atoms with Crippen LogP contribution in [0.1, 0.15) is 11.1 Å². The van der Waals surface area contributed by atoms with Crippen molar-refractivity contribution in [3.05, 3.63) is 42.0 Å². The van der Waals surface area contributed by atoms with E-state index in [1.54, 1.807) is 34.9 Å². The number of rotatable bonds is 5. The molecular formula is C12H12N2S3. The molecule has 1 aromatic carbocycles. The Balaban J connectivity index is 1.94. The topological polar surface area (TPSA) is 25.8 Å². The van der Waals surface area contributed by atoms with Crippen molar-refractivity contribution in [2.24, 2.45) is 0 Å². The van der Waals surface area contributed by atoms with Gasteiger partial charge in [0.05, 0.1) is 0 Å². The van der Waals surface area contributed by atoms with Crippen molar-refractivity contribution < 1.29 is 0 Å². The zero-order chi connectivity index (χ0) is 12.1. The molecule has 0 amide bonds. The second kappa shape index (κ2) is 6.23. The summed E-state index contributed by atoms with van der Waals surface area (Å²) in [7, 11) is 0. The van der Waals surface area contributed by atoms with E-state index in [-0.39, 0.29) is 0 Å². The summed E-state index contributed by atoms with van der Waals surface area (Å²) in [6, 6.07) is 8.41. The van der Waals surface area contributed by atoms with Gasteiger partial charge in [-0.25, -0.2) is 0 Å². The van der Waals surface area contributed by atoms with E-state index in [1.807, 2.05) is 12.3 Å². The average molecular weight is 280 g/mol. The Morgan fingerprint density at radius 1 is 1.24 bits per heavy atom. The molecular weight excluding hydrogens is 268 g/mol. The fourth-order valence-electron chi connectivity index (χ4n) is 1.23. The van der Waals surface area contributed by atoms with Crippen molar-refractivity contribution in [3.63, 3.8) is 0 Å². The Kier molecular flexibility index (Phi) is 4.65. The molecule has 0 unspecified atom stereocenters. The lowest BCUT2D eigenvalue weighted by Gasteiger charge is -1.99. The molecule has 2 rings (SSSR count). The molecule has 0 aliphatic carbocycles. The Morgan fingerprint density at radius 3 is 2.53 bits per heavy atom. The van der Waals surface area contributed by atoms with Crippen LogP contribution < -0.4 is 0 Å². The molecule has 0 spiro atoms. The van der Waals surface area contributed by atoms with Gasteiger partial charge >= 0.3 is 0 Å². The van der Waals surface area contributed by atoms with E-state index in [1.165, 1.54) is 5.56 Å². The Bertz CT molecular complexity index is 491. The van der Waals surface area contributed by atoms with Crippen molar-refractivity contribution in [3.8, 4) is 0 Å². The molecule has 0 aliphatic heterocycles. The van der Waals surface area contributed by atoms with E-state index in [2.05, 4.69) is 41.0 Å². The predicted molar refractivity (Wildman–Crippen MR) is 77.8 cm³/mol. The summed E-state index contributed by atoms with van der Waals surface area (Å²) in [6.07, 6.45) is 3.87. The van der Waals surface area contributed by atoms with Gasteiger partial charge in [-0.05, 0) is 17.4 Å². The fourth-order valence-corrected chi connectivity index (χ4v) is 3.63. The van der Waals surface area contributed by atoms with Crippen LogP contribution in [0.15, 0.2) is 39.5 Å². The third-order valence-electron chi connectivity index (χ3n) is 2.14. The Hall–Kier alpha value is -0.780. The molecule has 0 aliphatic rings. The second-order valence-corrected chi connectivity index (χ2v) is 6.53. The van der Waals surface area contributed by atoms with Crippen molar-refractivity contribution in [2.45, 2.75) is 14.4 Å². The summed E-state index contributed by atoms with van der Waals surface area (Å²) in [6.45, 7) is 3.74. The summed E-state index contributed by atoms with van der Waals surface area (Å²) in [4.78, 5) is 0. The van der Waals surface area contributed by atoms with E-state index in [0.717, 1.165) is 20.0 Å². The lowest BCUT2D eigenvalue weighted by Crippen LogP contribution is -1.80. The number of thioether (sulfide) groups is 2. The first-order valence-electron chi connectivity index (χ1n) is 5.03. The summed E-state index contributed by atoms with van der Waals surface area (Å²) in [5, 5.41) is 8.20. The van der Waals surface area contributed by atoms with Crippen LogP contribution in [-0.4, -0.2) is 16.5 Å². The van der Waals surface area contributed by atoms with Gasteiger partial charge in [0.2, 0.25) is 0 Å². The highest BCUT2D eigenvalue weighted by molar-refractivity contribution is 8.02. The summed E-state index contributed by atoms with van der Waals surface area (Å²) >= 11 is 5.01. The first-order valence-corrected chi connectivity index (χ1v) is 8.06. The minimum atomic E-state index is 0.931. The first-order chi connectivity index (χ1) is 8.31. The molecule has 5 heteroatoms. The highest BCUT2D eigenvalue weighted by atomic mass is 32.2. The van der Waals surface area contributed by atoms with Crippen molar-refractivity contribution in [1.82, 2.24) is 10.2 Å². The second-order valence-electron chi connectivity index (χ2n) is 3.27. The van der Waals surface area contributed by atoms with Gasteiger partial charge in [-0.2, -0.15) is 0 Å². The lowest BCUT2D eigenvalue weighted by atomic mass is 10.1. The highest BCUT2D eigenvalue weighted by Crippen LogP contribution is 2.29. The van der Waals surface area contributed by atoms with Crippen LogP contribution in [-0.2, 0) is 5.75 Å². The van der Waals surface area contributed by atoms with Gasteiger partial charge in [-0.1, -0.05) is 71.8 Å². The maximum Gasteiger partial charge on any atom is 0.175 e. The van der Waals surface area contributed by atoms with E-state index in [9.17, 15) is 0 Å². The van der Waals surface area contributed by atoms with Gasteiger partial charge in [-0.3, -0.25) is 0 Å². The Labute approximate surface area is 114 Å². The maximum absolute atomic E-state index is 4.13. The lowest BCUT2D eigenvalue weighted by molar-refractivity contribution is 0.955. The molecule has 88 valence electrons. The zero-order valence-corrected chi connectivity index (χ0v) is 11.9. The fraction of sp³-hybridized carbons (Fsp3) is 0.167. The number of aromatic nitrogens is 2. The smallest absolute Gasteiger partial charge is 0.131 e. The van der Waals surface area contributed by atoms with Gasteiger partial charge in [0, 0.05) is 5.75 Å². The standard InChI is InChI=1S/C12H12N2S3/c1-3-9-4-6-10(7-5-9)8-16-12-14-13-11(15-2)17-12/h3-7H,1,8H2,2H3. The molecule has 2 nitrogen and oxygen atoms in total. The summed E-state index contributed by atoms with van der Waals surface area (Å²) < 4.78 is 2.05. The molecule has 0 fully saturated rings.